The van der Waals surface area contributed by atoms with E-state index in [2.05, 4.69) is 33.0 Å². The van der Waals surface area contributed by atoms with Crippen LogP contribution in [0.5, 0.6) is 0 Å². The van der Waals surface area contributed by atoms with Crippen molar-refractivity contribution in [2.45, 2.75) is 21.4 Å². The van der Waals surface area contributed by atoms with Gasteiger partial charge in [-0.1, -0.05) is 0 Å². The Balaban J connectivity index is 2.41. The average Bonchev–Trinajstić information content (AvgIpc) is 2.42. The fraction of sp³-hybridized carbons (Fsp3) is 0.235. The van der Waals surface area contributed by atoms with Gasteiger partial charge in [-0.05, 0) is 0 Å². The number of aliphatic hydroxyl groups is 1. The number of benzene rings is 2. The quantitative estimate of drug-likeness (QED) is 0.417. The molecule has 108 valence electrons. The molecule has 0 bridgehead atoms. The first-order valence-corrected chi connectivity index (χ1v) is 17.0. The van der Waals surface area contributed by atoms with Crippen LogP contribution in [-0.4, -0.2) is 23.5 Å². The minimum atomic E-state index is -2.24. The maximum atomic E-state index is 11.8. The normalized spacial score (nSPS) is 12.2. The molecule has 0 fully saturated rings. The van der Waals surface area contributed by atoms with Crippen LogP contribution < -0.4 is 9.20 Å². The summed E-state index contributed by atoms with van der Waals surface area (Å²) in [6, 6.07) is 12.1. The van der Waals surface area contributed by atoms with Gasteiger partial charge in [-0.25, -0.2) is 0 Å². The van der Waals surface area contributed by atoms with Crippen molar-refractivity contribution >= 4 is 43.7 Å². The summed E-state index contributed by atoms with van der Waals surface area (Å²) in [5.74, 6) is 0. The molecule has 21 heavy (non-hydrogen) atoms. The number of rotatable bonds is 2. The molecule has 3 nitrogen and oxygen atoms in total. The number of hydrogen-bond donors (Lipinski definition) is 1. The second-order valence-electron chi connectivity index (χ2n) is 6.38. The molecule has 0 aliphatic carbocycles. The second-order valence-corrected chi connectivity index (χ2v) is 20.8. The van der Waals surface area contributed by atoms with Gasteiger partial charge in [0.1, 0.15) is 0 Å². The molecule has 2 aromatic carbocycles. The van der Waals surface area contributed by atoms with E-state index < -0.39 is 24.0 Å². The number of hydrogen-bond acceptors (Lipinski definition) is 3. The molecule has 3 rings (SSSR count). The van der Waals surface area contributed by atoms with Crippen molar-refractivity contribution in [2.24, 2.45) is 0 Å². The first kappa shape index (κ1) is 14.6. The van der Waals surface area contributed by atoms with Crippen LogP contribution >= 0.6 is 0 Å². The van der Waals surface area contributed by atoms with Crippen molar-refractivity contribution in [3.8, 4) is 0 Å². The Morgan fingerprint density at radius 3 is 2.52 bits per heavy atom. The predicted octanol–water partition coefficient (Wildman–Crippen LogP) is 2.98. The summed E-state index contributed by atoms with van der Waals surface area (Å²) in [4.78, 5) is 18.9. The zero-order valence-electron chi connectivity index (χ0n) is 12.4. The van der Waals surface area contributed by atoms with Crippen LogP contribution in [0.2, 0.25) is 14.8 Å². The van der Waals surface area contributed by atoms with Gasteiger partial charge in [0, 0.05) is 0 Å². The van der Waals surface area contributed by atoms with E-state index in [1.165, 1.54) is 8.97 Å². The molecular formula is C17H18O3Sn. The van der Waals surface area contributed by atoms with Crippen LogP contribution in [0, 0.1) is 0 Å². The Labute approximate surface area is 127 Å². The van der Waals surface area contributed by atoms with Gasteiger partial charge in [0.05, 0.1) is 0 Å². The van der Waals surface area contributed by atoms with Crippen molar-refractivity contribution in [1.29, 1.82) is 0 Å². The van der Waals surface area contributed by atoms with E-state index in [4.69, 9.17) is 4.42 Å². The van der Waals surface area contributed by atoms with Gasteiger partial charge in [0.2, 0.25) is 0 Å². The zero-order chi connectivity index (χ0) is 15.2. The standard InChI is InChI=1S/C14H9O3.3CH3.Sn/c15-8-12-6-11-5-9-3-1-2-4-10(9)7-13(11)17-14(12)16;;;;/h1-3,5-7,15H,8H2;3*1H3;. The van der Waals surface area contributed by atoms with Gasteiger partial charge in [-0.2, -0.15) is 0 Å². The van der Waals surface area contributed by atoms with Crippen LogP contribution in [-0.2, 0) is 6.61 Å². The van der Waals surface area contributed by atoms with Crippen LogP contribution in [0.1, 0.15) is 5.56 Å². The Hall–Kier alpha value is -1.33. The van der Waals surface area contributed by atoms with E-state index >= 15 is 0 Å². The summed E-state index contributed by atoms with van der Waals surface area (Å²) in [6.45, 7) is -0.297. The van der Waals surface area contributed by atoms with Crippen LogP contribution in [0.3, 0.4) is 0 Å². The van der Waals surface area contributed by atoms with Gasteiger partial charge in [-0.3, -0.25) is 0 Å². The molecule has 1 N–H and O–H groups in total. The molecule has 0 spiro atoms. The molecular weight excluding hydrogens is 371 g/mol. The van der Waals surface area contributed by atoms with Gasteiger partial charge < -0.3 is 0 Å². The third kappa shape index (κ3) is 2.60. The van der Waals surface area contributed by atoms with Crippen LogP contribution in [0.4, 0.5) is 0 Å². The summed E-state index contributed by atoms with van der Waals surface area (Å²) in [7, 11) is 0. The van der Waals surface area contributed by atoms with E-state index in [0.717, 1.165) is 10.8 Å². The van der Waals surface area contributed by atoms with E-state index in [1.54, 1.807) is 6.07 Å². The number of aliphatic hydroxyl groups excluding tert-OH is 1. The van der Waals surface area contributed by atoms with Gasteiger partial charge in [-0.15, -0.1) is 0 Å². The second kappa shape index (κ2) is 5.14. The van der Waals surface area contributed by atoms with Crippen molar-refractivity contribution in [3.63, 3.8) is 0 Å². The molecule has 1 heterocycles. The molecule has 4 heteroatoms. The molecule has 0 atom stereocenters. The molecule has 0 saturated carbocycles. The van der Waals surface area contributed by atoms with Gasteiger partial charge >= 0.3 is 127 Å². The Kier molecular flexibility index (Phi) is 3.57. The molecule has 0 saturated heterocycles. The summed E-state index contributed by atoms with van der Waals surface area (Å²) in [6.07, 6.45) is 0. The summed E-state index contributed by atoms with van der Waals surface area (Å²) in [5, 5.41) is 12.4. The van der Waals surface area contributed by atoms with E-state index in [-0.39, 0.29) is 6.61 Å². The summed E-state index contributed by atoms with van der Waals surface area (Å²) in [5.41, 5.74) is 0.432. The monoisotopic (exact) mass is 390 g/mol. The first-order chi connectivity index (χ1) is 9.90. The molecule has 1 aromatic heterocycles. The maximum absolute atomic E-state index is 11.8. The first-order valence-electron chi connectivity index (χ1n) is 7.01. The molecule has 3 aromatic rings. The van der Waals surface area contributed by atoms with Crippen molar-refractivity contribution < 1.29 is 9.52 Å². The average molecular weight is 389 g/mol. The Morgan fingerprint density at radius 2 is 1.86 bits per heavy atom. The van der Waals surface area contributed by atoms with Crippen molar-refractivity contribution in [3.05, 3.63) is 52.4 Å². The topological polar surface area (TPSA) is 50.4 Å². The van der Waals surface area contributed by atoms with Gasteiger partial charge in [0.25, 0.3) is 0 Å². The van der Waals surface area contributed by atoms with Gasteiger partial charge in [0.15, 0.2) is 0 Å². The Morgan fingerprint density at radius 1 is 1.10 bits per heavy atom. The predicted molar refractivity (Wildman–Crippen MR) is 88.9 cm³/mol. The summed E-state index contributed by atoms with van der Waals surface area (Å²) < 4.78 is 6.80. The van der Waals surface area contributed by atoms with E-state index in [0.29, 0.717) is 11.1 Å². The third-order valence-electron chi connectivity index (χ3n) is 3.78. The van der Waals surface area contributed by atoms with Crippen LogP contribution in [0.15, 0.2) is 45.6 Å². The third-order valence-corrected chi connectivity index (χ3v) is 9.64. The number of fused-ring (bicyclic) bond motifs is 2. The fourth-order valence-electron chi connectivity index (χ4n) is 2.70. The van der Waals surface area contributed by atoms with Crippen molar-refractivity contribution in [1.82, 2.24) is 0 Å². The molecule has 0 aliphatic rings. The minimum absolute atomic E-state index is 0.297. The SMILES string of the molecule is [CH3][Sn]([CH3])([CH3])[c]1cccc2cc3cc(CO)c(=O)oc3cc12. The summed E-state index contributed by atoms with van der Waals surface area (Å²) >= 11 is -2.24. The zero-order valence-corrected chi connectivity index (χ0v) is 15.3. The fourth-order valence-corrected chi connectivity index (χ4v) is 7.33. The van der Waals surface area contributed by atoms with E-state index in [9.17, 15) is 9.90 Å². The Bertz CT molecular complexity index is 888. The molecule has 0 radical (unpaired) electrons. The molecule has 0 amide bonds. The molecule has 0 aliphatic heterocycles. The van der Waals surface area contributed by atoms with E-state index in [1.807, 2.05) is 12.1 Å². The van der Waals surface area contributed by atoms with Crippen molar-refractivity contribution in [2.75, 3.05) is 0 Å². The molecule has 0 unspecified atom stereocenters. The van der Waals surface area contributed by atoms with Crippen LogP contribution in [0.25, 0.3) is 21.7 Å².